The first-order valence-electron chi connectivity index (χ1n) is 8.24. The van der Waals surface area contributed by atoms with E-state index in [4.69, 9.17) is 0 Å². The summed E-state index contributed by atoms with van der Waals surface area (Å²) in [6.45, 7) is 3.36. The zero-order valence-electron chi connectivity index (χ0n) is 13.3. The number of urea groups is 1. The van der Waals surface area contributed by atoms with Crippen molar-refractivity contribution >= 4 is 12.0 Å². The summed E-state index contributed by atoms with van der Waals surface area (Å²) in [6.07, 6.45) is 9.21. The van der Waals surface area contributed by atoms with E-state index in [2.05, 4.69) is 0 Å². The second-order valence-electron chi connectivity index (χ2n) is 6.70. The Morgan fingerprint density at radius 3 is 2.19 bits per heavy atom. The van der Waals surface area contributed by atoms with Gasteiger partial charge in [-0.1, -0.05) is 26.2 Å². The number of piperidine rings is 1. The lowest BCUT2D eigenvalue weighted by Gasteiger charge is -2.45. The number of hydrogen-bond acceptors (Lipinski definition) is 2. The molecule has 1 atom stereocenters. The van der Waals surface area contributed by atoms with Crippen molar-refractivity contribution in [1.29, 1.82) is 0 Å². The lowest BCUT2D eigenvalue weighted by molar-refractivity contribution is -0.142. The molecule has 2 amide bonds. The van der Waals surface area contributed by atoms with E-state index < -0.39 is 12.0 Å². The van der Waals surface area contributed by atoms with Crippen molar-refractivity contribution in [3.63, 3.8) is 0 Å². The molecule has 1 saturated carbocycles. The molecule has 1 aliphatic carbocycles. The van der Waals surface area contributed by atoms with Gasteiger partial charge in [-0.05, 0) is 37.5 Å². The van der Waals surface area contributed by atoms with Gasteiger partial charge < -0.3 is 14.9 Å². The van der Waals surface area contributed by atoms with Gasteiger partial charge in [0, 0.05) is 20.1 Å². The quantitative estimate of drug-likeness (QED) is 0.871. The van der Waals surface area contributed by atoms with Crippen LogP contribution in [0.4, 0.5) is 4.79 Å². The zero-order chi connectivity index (χ0) is 15.5. The van der Waals surface area contributed by atoms with Gasteiger partial charge in [0.25, 0.3) is 0 Å². The van der Waals surface area contributed by atoms with Crippen LogP contribution in [0.1, 0.15) is 58.3 Å². The summed E-state index contributed by atoms with van der Waals surface area (Å²) in [7, 11) is 1.61. The molecule has 5 nitrogen and oxygen atoms in total. The van der Waals surface area contributed by atoms with E-state index in [1.54, 1.807) is 14.0 Å². The molecule has 21 heavy (non-hydrogen) atoms. The number of likely N-dealkylation sites (tertiary alicyclic amines) is 1. The number of carbonyl (C=O) groups is 2. The van der Waals surface area contributed by atoms with Crippen LogP contribution in [0.5, 0.6) is 0 Å². The van der Waals surface area contributed by atoms with Gasteiger partial charge in [-0.3, -0.25) is 0 Å². The minimum absolute atomic E-state index is 0.130. The van der Waals surface area contributed by atoms with Crippen molar-refractivity contribution in [3.05, 3.63) is 0 Å². The maximum absolute atomic E-state index is 12.5. The molecule has 2 rings (SSSR count). The third-order valence-electron chi connectivity index (χ3n) is 5.45. The lowest BCUT2D eigenvalue weighted by Crippen LogP contribution is -2.52. The van der Waals surface area contributed by atoms with Gasteiger partial charge in [0.15, 0.2) is 0 Å². The second-order valence-corrected chi connectivity index (χ2v) is 6.70. The third-order valence-corrected chi connectivity index (χ3v) is 5.45. The topological polar surface area (TPSA) is 60.9 Å². The average molecular weight is 296 g/mol. The largest absolute Gasteiger partial charge is 0.480 e. The molecule has 1 N–H and O–H groups in total. The molecule has 2 fully saturated rings. The summed E-state index contributed by atoms with van der Waals surface area (Å²) in [5.41, 5.74) is 0.463. The number of rotatable bonds is 3. The molecule has 5 heteroatoms. The summed E-state index contributed by atoms with van der Waals surface area (Å²) < 4.78 is 0. The van der Waals surface area contributed by atoms with Crippen LogP contribution in [0.2, 0.25) is 0 Å². The Kier molecular flexibility index (Phi) is 5.12. The minimum atomic E-state index is -0.922. The van der Waals surface area contributed by atoms with Gasteiger partial charge >= 0.3 is 12.0 Å². The van der Waals surface area contributed by atoms with Gasteiger partial charge in [0.2, 0.25) is 0 Å². The number of amides is 2. The van der Waals surface area contributed by atoms with Crippen molar-refractivity contribution in [3.8, 4) is 0 Å². The highest BCUT2D eigenvalue weighted by molar-refractivity contribution is 5.82. The number of carboxylic acid groups (broad SMARTS) is 1. The minimum Gasteiger partial charge on any atom is -0.480 e. The molecular weight excluding hydrogens is 268 g/mol. The Bertz CT molecular complexity index is 381. The molecule has 0 aromatic heterocycles. The van der Waals surface area contributed by atoms with Gasteiger partial charge in [0.1, 0.15) is 6.04 Å². The molecule has 0 aromatic rings. The van der Waals surface area contributed by atoms with Gasteiger partial charge in [-0.2, -0.15) is 0 Å². The fraction of sp³-hybridized carbons (Fsp3) is 0.875. The monoisotopic (exact) mass is 296 g/mol. The summed E-state index contributed by atoms with van der Waals surface area (Å²) >= 11 is 0. The summed E-state index contributed by atoms with van der Waals surface area (Å²) in [6, 6.07) is -0.849. The number of carbonyl (C=O) groups excluding carboxylic acids is 1. The van der Waals surface area contributed by atoms with Crippen LogP contribution in [-0.2, 0) is 4.79 Å². The summed E-state index contributed by atoms with van der Waals surface area (Å²) in [5, 5.41) is 9.18. The predicted molar refractivity (Wildman–Crippen MR) is 81.2 cm³/mol. The molecule has 0 bridgehead atoms. The fourth-order valence-electron chi connectivity index (χ4n) is 3.94. The number of hydrogen-bond donors (Lipinski definition) is 1. The van der Waals surface area contributed by atoms with Crippen molar-refractivity contribution in [1.82, 2.24) is 9.80 Å². The predicted octanol–water partition coefficient (Wildman–Crippen LogP) is 2.95. The van der Waals surface area contributed by atoms with E-state index in [0.717, 1.165) is 25.9 Å². The van der Waals surface area contributed by atoms with E-state index in [9.17, 15) is 14.7 Å². The SMILES string of the molecule is CCC(C(=O)O)N(C)C(=O)N1CCC2(CCCCC2)CC1. The molecule has 1 heterocycles. The second kappa shape index (κ2) is 6.67. The molecule has 1 spiro atoms. The Balaban J connectivity index is 1.91. The molecule has 0 radical (unpaired) electrons. The van der Waals surface area contributed by atoms with E-state index in [1.165, 1.54) is 37.0 Å². The Labute approximate surface area is 127 Å². The first kappa shape index (κ1) is 16.1. The van der Waals surface area contributed by atoms with Crippen molar-refractivity contribution in [2.45, 2.75) is 64.3 Å². The Morgan fingerprint density at radius 2 is 1.71 bits per heavy atom. The maximum atomic E-state index is 12.5. The first-order chi connectivity index (χ1) is 9.99. The van der Waals surface area contributed by atoms with E-state index in [1.807, 2.05) is 4.90 Å². The third kappa shape index (κ3) is 3.50. The number of carboxylic acids is 1. The van der Waals surface area contributed by atoms with Crippen molar-refractivity contribution in [2.24, 2.45) is 5.41 Å². The Morgan fingerprint density at radius 1 is 1.14 bits per heavy atom. The van der Waals surface area contributed by atoms with Gasteiger partial charge in [-0.25, -0.2) is 9.59 Å². The van der Waals surface area contributed by atoms with Crippen LogP contribution in [-0.4, -0.2) is 53.1 Å². The lowest BCUT2D eigenvalue weighted by atomic mass is 9.68. The van der Waals surface area contributed by atoms with Gasteiger partial charge in [-0.15, -0.1) is 0 Å². The molecule has 1 aliphatic heterocycles. The highest BCUT2D eigenvalue weighted by atomic mass is 16.4. The molecular formula is C16H28N2O3. The van der Waals surface area contributed by atoms with Crippen LogP contribution in [0.25, 0.3) is 0 Å². The van der Waals surface area contributed by atoms with Crippen LogP contribution >= 0.6 is 0 Å². The molecule has 2 aliphatic rings. The Hall–Kier alpha value is -1.26. The smallest absolute Gasteiger partial charge is 0.326 e. The van der Waals surface area contributed by atoms with Gasteiger partial charge in [0.05, 0.1) is 0 Å². The number of likely N-dealkylation sites (N-methyl/N-ethyl adjacent to an activating group) is 1. The normalized spacial score (nSPS) is 22.9. The molecule has 1 unspecified atom stereocenters. The molecule has 120 valence electrons. The number of nitrogens with zero attached hydrogens (tertiary/aromatic N) is 2. The van der Waals surface area contributed by atoms with E-state index >= 15 is 0 Å². The average Bonchev–Trinajstić information content (AvgIpc) is 2.48. The van der Waals surface area contributed by atoms with E-state index in [-0.39, 0.29) is 6.03 Å². The van der Waals surface area contributed by atoms with E-state index in [0.29, 0.717) is 11.8 Å². The standard InChI is InChI=1S/C16H28N2O3/c1-3-13(14(19)20)17(2)15(21)18-11-9-16(10-12-18)7-5-4-6-8-16/h13H,3-12H2,1-2H3,(H,19,20). The fourth-order valence-corrected chi connectivity index (χ4v) is 3.94. The van der Waals surface area contributed by atoms with Crippen molar-refractivity contribution in [2.75, 3.05) is 20.1 Å². The summed E-state index contributed by atoms with van der Waals surface area (Å²) in [4.78, 5) is 26.9. The molecule has 1 saturated heterocycles. The highest BCUT2D eigenvalue weighted by Gasteiger charge is 2.38. The van der Waals surface area contributed by atoms with Crippen LogP contribution < -0.4 is 0 Å². The van der Waals surface area contributed by atoms with Crippen molar-refractivity contribution < 1.29 is 14.7 Å². The zero-order valence-corrected chi connectivity index (χ0v) is 13.3. The number of aliphatic carboxylic acids is 1. The molecule has 0 aromatic carbocycles. The van der Waals surface area contributed by atoms with Crippen LogP contribution in [0.3, 0.4) is 0 Å². The van der Waals surface area contributed by atoms with Crippen LogP contribution in [0, 0.1) is 5.41 Å². The maximum Gasteiger partial charge on any atom is 0.326 e. The van der Waals surface area contributed by atoms with Crippen LogP contribution in [0.15, 0.2) is 0 Å². The summed E-state index contributed by atoms with van der Waals surface area (Å²) in [5.74, 6) is -0.922. The first-order valence-corrected chi connectivity index (χ1v) is 8.24. The highest BCUT2D eigenvalue weighted by Crippen LogP contribution is 2.44.